The fourth-order valence-electron chi connectivity index (χ4n) is 5.95. The highest BCUT2D eigenvalue weighted by Gasteiger charge is 2.64. The number of ether oxygens (including phenoxy) is 1. The summed E-state index contributed by atoms with van der Waals surface area (Å²) in [7, 11) is 0. The molecule has 4 aliphatic rings. The van der Waals surface area contributed by atoms with Gasteiger partial charge >= 0.3 is 6.18 Å². The molecule has 37 heavy (non-hydrogen) atoms. The van der Waals surface area contributed by atoms with Crippen LogP contribution in [0.4, 0.5) is 24.9 Å². The SMILES string of the molecule is Cc1cncc(N2CC3(C2)CN(c2nnc4n2-c2ccc(Cl)cc2CN(C2(C(F)(F)F)COC2)C4)C3)n1. The standard InChI is InChI=1S/C24H24ClF3N8O/c1-15-5-29-6-19(30-15)33-9-22(10-33)11-34(12-22)21-32-31-20-8-35(23(13-37-14-23)24(26,27)28)7-16-4-17(25)2-3-18(16)36(20)21/h2-6H,7-14H2,1H3. The zero-order chi connectivity index (χ0) is 25.6. The number of anilines is 2. The van der Waals surface area contributed by atoms with Gasteiger partial charge in [0.05, 0.1) is 37.3 Å². The maximum atomic E-state index is 14.2. The molecule has 3 fully saturated rings. The minimum Gasteiger partial charge on any atom is -0.377 e. The van der Waals surface area contributed by atoms with Crippen molar-refractivity contribution in [1.29, 1.82) is 0 Å². The molecule has 4 aliphatic heterocycles. The van der Waals surface area contributed by atoms with E-state index in [0.29, 0.717) is 22.4 Å². The second-order valence-electron chi connectivity index (χ2n) is 10.6. The number of aromatic nitrogens is 5. The summed E-state index contributed by atoms with van der Waals surface area (Å²) in [5.41, 5.74) is 0.411. The summed E-state index contributed by atoms with van der Waals surface area (Å²) in [6.45, 7) is 4.52. The molecule has 2 aromatic heterocycles. The Balaban J connectivity index is 1.17. The zero-order valence-electron chi connectivity index (χ0n) is 20.0. The van der Waals surface area contributed by atoms with Gasteiger partial charge < -0.3 is 14.5 Å². The molecule has 7 rings (SSSR count). The third-order valence-electron chi connectivity index (χ3n) is 7.96. The lowest BCUT2D eigenvalue weighted by atomic mass is 9.73. The first-order valence-corrected chi connectivity index (χ1v) is 12.5. The second-order valence-corrected chi connectivity index (χ2v) is 11.1. The largest absolute Gasteiger partial charge is 0.411 e. The molecule has 194 valence electrons. The highest BCUT2D eigenvalue weighted by Crippen LogP contribution is 2.46. The summed E-state index contributed by atoms with van der Waals surface area (Å²) >= 11 is 6.28. The Kier molecular flexibility index (Phi) is 4.87. The summed E-state index contributed by atoms with van der Waals surface area (Å²) in [6, 6.07) is 5.32. The maximum absolute atomic E-state index is 14.2. The molecule has 6 heterocycles. The van der Waals surface area contributed by atoms with Gasteiger partial charge in [-0.15, -0.1) is 10.2 Å². The Bertz CT molecular complexity index is 1380. The second kappa shape index (κ2) is 7.78. The third-order valence-corrected chi connectivity index (χ3v) is 8.19. The van der Waals surface area contributed by atoms with Gasteiger partial charge in [0.2, 0.25) is 5.95 Å². The van der Waals surface area contributed by atoms with Crippen LogP contribution in [0.15, 0.2) is 30.6 Å². The van der Waals surface area contributed by atoms with Gasteiger partial charge in [-0.1, -0.05) is 11.6 Å². The van der Waals surface area contributed by atoms with E-state index in [1.165, 1.54) is 4.90 Å². The normalized spacial score (nSPS) is 22.0. The molecule has 9 nitrogen and oxygen atoms in total. The minimum atomic E-state index is -4.44. The van der Waals surface area contributed by atoms with E-state index in [0.717, 1.165) is 43.4 Å². The van der Waals surface area contributed by atoms with Crippen LogP contribution in [0.1, 0.15) is 17.1 Å². The Morgan fingerprint density at radius 2 is 1.76 bits per heavy atom. The van der Waals surface area contributed by atoms with Crippen LogP contribution in [0.3, 0.4) is 0 Å². The van der Waals surface area contributed by atoms with Crippen molar-refractivity contribution in [3.63, 3.8) is 0 Å². The number of fused-ring (bicyclic) bond motifs is 3. The Morgan fingerprint density at radius 1 is 1.00 bits per heavy atom. The van der Waals surface area contributed by atoms with Crippen molar-refractivity contribution >= 4 is 23.4 Å². The molecule has 0 unspecified atom stereocenters. The number of alkyl halides is 3. The summed E-state index contributed by atoms with van der Waals surface area (Å²) in [6.07, 6.45) is -0.922. The van der Waals surface area contributed by atoms with Crippen LogP contribution in [0, 0.1) is 12.3 Å². The highest BCUT2D eigenvalue weighted by molar-refractivity contribution is 6.30. The van der Waals surface area contributed by atoms with Crippen molar-refractivity contribution in [2.45, 2.75) is 31.7 Å². The van der Waals surface area contributed by atoms with E-state index in [-0.39, 0.29) is 18.5 Å². The number of nitrogens with zero attached hydrogens (tertiary/aromatic N) is 8. The highest BCUT2D eigenvalue weighted by atomic mass is 35.5. The molecule has 0 saturated carbocycles. The van der Waals surface area contributed by atoms with Gasteiger partial charge in [-0.2, -0.15) is 13.2 Å². The van der Waals surface area contributed by atoms with Gasteiger partial charge in [0.25, 0.3) is 0 Å². The fourth-order valence-corrected chi connectivity index (χ4v) is 6.14. The van der Waals surface area contributed by atoms with E-state index in [4.69, 9.17) is 16.3 Å². The molecule has 1 spiro atoms. The number of benzene rings is 1. The van der Waals surface area contributed by atoms with Gasteiger partial charge in [0.1, 0.15) is 5.82 Å². The van der Waals surface area contributed by atoms with Crippen LogP contribution in [-0.4, -0.2) is 80.7 Å². The van der Waals surface area contributed by atoms with Crippen molar-refractivity contribution in [1.82, 2.24) is 29.6 Å². The van der Waals surface area contributed by atoms with E-state index in [1.807, 2.05) is 17.6 Å². The molecular formula is C24H24ClF3N8O. The van der Waals surface area contributed by atoms with Crippen molar-refractivity contribution < 1.29 is 17.9 Å². The average molecular weight is 533 g/mol. The van der Waals surface area contributed by atoms with Crippen LogP contribution >= 0.6 is 11.6 Å². The Labute approximate surface area is 215 Å². The fraction of sp³-hybridized carbons (Fsp3) is 0.500. The van der Waals surface area contributed by atoms with Gasteiger partial charge in [0.15, 0.2) is 11.4 Å². The predicted molar refractivity (Wildman–Crippen MR) is 129 cm³/mol. The van der Waals surface area contributed by atoms with Crippen molar-refractivity contribution in [3.8, 4) is 5.69 Å². The van der Waals surface area contributed by atoms with Crippen LogP contribution in [0.2, 0.25) is 5.02 Å². The van der Waals surface area contributed by atoms with Crippen molar-refractivity contribution in [2.24, 2.45) is 5.41 Å². The first-order chi connectivity index (χ1) is 17.7. The minimum absolute atomic E-state index is 0.000950. The van der Waals surface area contributed by atoms with Crippen molar-refractivity contribution in [3.05, 3.63) is 52.7 Å². The van der Waals surface area contributed by atoms with Gasteiger partial charge in [-0.05, 0) is 30.7 Å². The molecule has 1 aromatic carbocycles. The summed E-state index contributed by atoms with van der Waals surface area (Å²) in [4.78, 5) is 14.6. The molecule has 0 radical (unpaired) electrons. The quantitative estimate of drug-likeness (QED) is 0.510. The molecule has 0 N–H and O–H groups in total. The monoisotopic (exact) mass is 532 g/mol. The lowest BCUT2D eigenvalue weighted by molar-refractivity contribution is -0.310. The van der Waals surface area contributed by atoms with Crippen LogP contribution in [-0.2, 0) is 17.8 Å². The number of aryl methyl sites for hydroxylation is 1. The van der Waals surface area contributed by atoms with E-state index in [9.17, 15) is 13.2 Å². The van der Waals surface area contributed by atoms with E-state index >= 15 is 0 Å². The number of rotatable bonds is 3. The molecular weight excluding hydrogens is 509 g/mol. The number of halogens is 4. The molecule has 13 heteroatoms. The van der Waals surface area contributed by atoms with E-state index < -0.39 is 24.9 Å². The first-order valence-electron chi connectivity index (χ1n) is 12.1. The molecule has 0 bridgehead atoms. The lowest BCUT2D eigenvalue weighted by Gasteiger charge is -2.60. The predicted octanol–water partition coefficient (Wildman–Crippen LogP) is 2.99. The molecule has 3 saturated heterocycles. The molecule has 0 amide bonds. The van der Waals surface area contributed by atoms with Crippen LogP contribution in [0.25, 0.3) is 5.69 Å². The number of hydrogen-bond donors (Lipinski definition) is 0. The average Bonchev–Trinajstić information content (AvgIpc) is 3.06. The smallest absolute Gasteiger partial charge is 0.377 e. The first kappa shape index (κ1) is 23.2. The van der Waals surface area contributed by atoms with Gasteiger partial charge in [-0.3, -0.25) is 14.5 Å². The van der Waals surface area contributed by atoms with E-state index in [1.54, 1.807) is 24.5 Å². The van der Waals surface area contributed by atoms with Gasteiger partial charge in [-0.25, -0.2) is 4.98 Å². The number of hydrogen-bond acceptors (Lipinski definition) is 8. The third kappa shape index (κ3) is 3.45. The van der Waals surface area contributed by atoms with Crippen LogP contribution < -0.4 is 9.80 Å². The van der Waals surface area contributed by atoms with Crippen LogP contribution in [0.5, 0.6) is 0 Å². The molecule has 3 aromatic rings. The molecule has 0 aliphatic carbocycles. The Morgan fingerprint density at radius 3 is 2.43 bits per heavy atom. The van der Waals surface area contributed by atoms with Gasteiger partial charge in [0, 0.05) is 49.4 Å². The maximum Gasteiger partial charge on any atom is 0.411 e. The summed E-state index contributed by atoms with van der Waals surface area (Å²) in [5, 5.41) is 9.29. The summed E-state index contributed by atoms with van der Waals surface area (Å²) < 4.78 is 49.6. The topological polar surface area (TPSA) is 75.4 Å². The Hall–Kier alpha value is -2.96. The summed E-state index contributed by atoms with van der Waals surface area (Å²) in [5.74, 6) is 1.99. The lowest BCUT2D eigenvalue weighted by Crippen LogP contribution is -2.73. The zero-order valence-corrected chi connectivity index (χ0v) is 20.8. The van der Waals surface area contributed by atoms with E-state index in [2.05, 4.69) is 30.0 Å². The molecule has 0 atom stereocenters. The van der Waals surface area contributed by atoms with Crippen molar-refractivity contribution in [2.75, 3.05) is 49.2 Å².